The third-order valence-electron chi connectivity index (χ3n) is 4.73. The van der Waals surface area contributed by atoms with Crippen molar-refractivity contribution in [3.63, 3.8) is 0 Å². The fraction of sp³-hybridized carbons (Fsp3) is 1.00. The van der Waals surface area contributed by atoms with E-state index in [0.717, 1.165) is 58.7 Å². The average Bonchev–Trinajstić information content (AvgIpc) is 2.54. The van der Waals surface area contributed by atoms with Crippen molar-refractivity contribution in [1.29, 1.82) is 0 Å². The summed E-state index contributed by atoms with van der Waals surface area (Å²) < 4.78 is 34.9. The lowest BCUT2D eigenvalue weighted by molar-refractivity contribution is -0.0427. The monoisotopic (exact) mass is 334 g/mol. The zero-order chi connectivity index (χ0) is 16.1. The van der Waals surface area contributed by atoms with Crippen LogP contribution in [0.2, 0.25) is 0 Å². The second kappa shape index (κ2) is 8.03. The van der Waals surface area contributed by atoms with Gasteiger partial charge in [0.1, 0.15) is 0 Å². The zero-order valence-corrected chi connectivity index (χ0v) is 14.6. The molecule has 0 spiro atoms. The zero-order valence-electron chi connectivity index (χ0n) is 13.8. The Kier molecular flexibility index (Phi) is 6.60. The second-order valence-electron chi connectivity index (χ2n) is 6.35. The van der Waals surface area contributed by atoms with Crippen molar-refractivity contribution in [3.05, 3.63) is 0 Å². The SMILES string of the molecule is CCCNS(=O)(=O)NCC1(N2CCOCC2)CCN(C)CC1. The Hall–Kier alpha value is -0.250. The standard InChI is InChI=1S/C14H30N4O3S/c1-3-6-15-22(19,20)16-13-14(4-7-17(2)8-5-14)18-9-11-21-12-10-18/h15-16H,3-13H2,1-2H3. The van der Waals surface area contributed by atoms with E-state index in [1.807, 2.05) is 6.92 Å². The lowest BCUT2D eigenvalue weighted by atomic mass is 9.85. The smallest absolute Gasteiger partial charge is 0.276 e. The van der Waals surface area contributed by atoms with Gasteiger partial charge in [-0.2, -0.15) is 8.42 Å². The van der Waals surface area contributed by atoms with Gasteiger partial charge < -0.3 is 9.64 Å². The molecule has 130 valence electrons. The molecule has 0 unspecified atom stereocenters. The van der Waals surface area contributed by atoms with E-state index in [0.29, 0.717) is 13.1 Å². The molecule has 2 heterocycles. The Labute approximate surface area is 134 Å². The number of nitrogens with zero attached hydrogens (tertiary/aromatic N) is 2. The summed E-state index contributed by atoms with van der Waals surface area (Å²) in [7, 11) is -1.28. The molecule has 22 heavy (non-hydrogen) atoms. The maximum Gasteiger partial charge on any atom is 0.276 e. The molecule has 2 aliphatic heterocycles. The summed E-state index contributed by atoms with van der Waals surface area (Å²) in [5, 5.41) is 0. The largest absolute Gasteiger partial charge is 0.379 e. The number of hydrogen-bond acceptors (Lipinski definition) is 5. The van der Waals surface area contributed by atoms with E-state index in [2.05, 4.69) is 26.3 Å². The number of nitrogens with one attached hydrogen (secondary N) is 2. The Morgan fingerprint density at radius 3 is 2.32 bits per heavy atom. The van der Waals surface area contributed by atoms with Crippen molar-refractivity contribution in [3.8, 4) is 0 Å². The number of rotatable bonds is 7. The molecular formula is C14H30N4O3S. The van der Waals surface area contributed by atoms with Crippen LogP contribution in [0.4, 0.5) is 0 Å². The van der Waals surface area contributed by atoms with Gasteiger partial charge in [-0.15, -0.1) is 0 Å². The van der Waals surface area contributed by atoms with Crippen LogP contribution in [0, 0.1) is 0 Å². The first kappa shape index (κ1) is 18.1. The highest BCUT2D eigenvalue weighted by atomic mass is 32.2. The normalized spacial score (nSPS) is 24.5. The van der Waals surface area contributed by atoms with Crippen molar-refractivity contribution in [2.75, 3.05) is 59.5 Å². The molecule has 7 nitrogen and oxygen atoms in total. The highest BCUT2D eigenvalue weighted by Gasteiger charge is 2.40. The number of ether oxygens (including phenoxy) is 1. The van der Waals surface area contributed by atoms with Gasteiger partial charge >= 0.3 is 0 Å². The molecule has 8 heteroatoms. The molecule has 0 radical (unpaired) electrons. The molecule has 2 saturated heterocycles. The van der Waals surface area contributed by atoms with Crippen molar-refractivity contribution in [1.82, 2.24) is 19.2 Å². The molecule has 0 aliphatic carbocycles. The third-order valence-corrected chi connectivity index (χ3v) is 5.84. The van der Waals surface area contributed by atoms with Crippen LogP contribution in [0.25, 0.3) is 0 Å². The first-order valence-corrected chi connectivity index (χ1v) is 9.71. The minimum atomic E-state index is -3.40. The fourth-order valence-electron chi connectivity index (χ4n) is 3.19. The van der Waals surface area contributed by atoms with Gasteiger partial charge in [-0.1, -0.05) is 6.92 Å². The van der Waals surface area contributed by atoms with Gasteiger partial charge in [0.2, 0.25) is 0 Å². The molecule has 0 aromatic carbocycles. The number of piperidine rings is 1. The van der Waals surface area contributed by atoms with Crippen molar-refractivity contribution >= 4 is 10.2 Å². The summed E-state index contributed by atoms with van der Waals surface area (Å²) >= 11 is 0. The maximum atomic E-state index is 12.0. The van der Waals surface area contributed by atoms with E-state index in [1.54, 1.807) is 0 Å². The van der Waals surface area contributed by atoms with E-state index in [1.165, 1.54) is 0 Å². The molecule has 0 bridgehead atoms. The summed E-state index contributed by atoms with van der Waals surface area (Å²) in [6, 6.07) is 0. The van der Waals surface area contributed by atoms with Crippen LogP contribution in [0.5, 0.6) is 0 Å². The van der Waals surface area contributed by atoms with Crippen LogP contribution in [0.3, 0.4) is 0 Å². The van der Waals surface area contributed by atoms with Gasteiger partial charge in [0.05, 0.1) is 13.2 Å². The molecule has 2 N–H and O–H groups in total. The Morgan fingerprint density at radius 2 is 1.73 bits per heavy atom. The summed E-state index contributed by atoms with van der Waals surface area (Å²) in [5.41, 5.74) is -0.0861. The molecular weight excluding hydrogens is 304 g/mol. The second-order valence-corrected chi connectivity index (χ2v) is 7.93. The predicted octanol–water partition coefficient (Wildman–Crippen LogP) is -0.383. The first-order valence-electron chi connectivity index (χ1n) is 8.23. The van der Waals surface area contributed by atoms with Gasteiger partial charge in [0.25, 0.3) is 10.2 Å². The van der Waals surface area contributed by atoms with Gasteiger partial charge in [-0.05, 0) is 39.4 Å². The summed E-state index contributed by atoms with van der Waals surface area (Å²) in [4.78, 5) is 4.73. The first-order chi connectivity index (χ1) is 10.5. The molecule has 0 amide bonds. The van der Waals surface area contributed by atoms with Gasteiger partial charge in [0, 0.05) is 31.7 Å². The molecule has 0 aromatic heterocycles. The van der Waals surface area contributed by atoms with Crippen LogP contribution in [0.15, 0.2) is 0 Å². The fourth-order valence-corrected chi connectivity index (χ4v) is 4.23. The van der Waals surface area contributed by atoms with Gasteiger partial charge in [-0.25, -0.2) is 9.44 Å². The Balaban J connectivity index is 2.01. The van der Waals surface area contributed by atoms with Crippen molar-refractivity contribution in [2.24, 2.45) is 0 Å². The number of morpholine rings is 1. The van der Waals surface area contributed by atoms with Crippen molar-refractivity contribution < 1.29 is 13.2 Å². The van der Waals surface area contributed by atoms with E-state index < -0.39 is 10.2 Å². The molecule has 0 atom stereocenters. The molecule has 0 aromatic rings. The molecule has 2 fully saturated rings. The van der Waals surface area contributed by atoms with Crippen LogP contribution in [0.1, 0.15) is 26.2 Å². The van der Waals surface area contributed by atoms with Crippen LogP contribution in [-0.4, -0.2) is 83.3 Å². The quantitative estimate of drug-likeness (QED) is 0.664. The Morgan fingerprint density at radius 1 is 1.09 bits per heavy atom. The van der Waals surface area contributed by atoms with E-state index in [-0.39, 0.29) is 5.54 Å². The summed E-state index contributed by atoms with van der Waals surface area (Å²) in [6.07, 6.45) is 2.76. The summed E-state index contributed by atoms with van der Waals surface area (Å²) in [6.45, 7) is 8.14. The lowest BCUT2D eigenvalue weighted by Crippen LogP contribution is -2.63. The van der Waals surface area contributed by atoms with Crippen molar-refractivity contribution in [2.45, 2.75) is 31.7 Å². The average molecular weight is 334 g/mol. The van der Waals surface area contributed by atoms with Gasteiger partial charge in [-0.3, -0.25) is 4.90 Å². The van der Waals surface area contributed by atoms with Crippen LogP contribution < -0.4 is 9.44 Å². The van der Waals surface area contributed by atoms with Crippen LogP contribution >= 0.6 is 0 Å². The highest BCUT2D eigenvalue weighted by Crippen LogP contribution is 2.29. The predicted molar refractivity (Wildman–Crippen MR) is 87.1 cm³/mol. The summed E-state index contributed by atoms with van der Waals surface area (Å²) in [5.74, 6) is 0. The molecule has 2 aliphatic rings. The van der Waals surface area contributed by atoms with E-state index >= 15 is 0 Å². The third kappa shape index (κ3) is 4.87. The highest BCUT2D eigenvalue weighted by molar-refractivity contribution is 7.87. The topological polar surface area (TPSA) is 73.9 Å². The van der Waals surface area contributed by atoms with E-state index in [9.17, 15) is 8.42 Å². The molecule has 0 saturated carbocycles. The lowest BCUT2D eigenvalue weighted by Gasteiger charge is -2.49. The number of likely N-dealkylation sites (tertiary alicyclic amines) is 1. The minimum absolute atomic E-state index is 0.0861. The minimum Gasteiger partial charge on any atom is -0.379 e. The van der Waals surface area contributed by atoms with Crippen LogP contribution in [-0.2, 0) is 14.9 Å². The van der Waals surface area contributed by atoms with E-state index in [4.69, 9.17) is 4.74 Å². The van der Waals surface area contributed by atoms with Gasteiger partial charge in [0.15, 0.2) is 0 Å². The Bertz CT molecular complexity index is 429. The maximum absolute atomic E-state index is 12.0. The molecule has 2 rings (SSSR count). The number of hydrogen-bond donors (Lipinski definition) is 2.